The van der Waals surface area contributed by atoms with E-state index >= 15 is 0 Å². The van der Waals surface area contributed by atoms with Crippen molar-refractivity contribution in [2.75, 3.05) is 19.9 Å². The minimum atomic E-state index is -3.30. The third kappa shape index (κ3) is 4.21. The molecule has 0 amide bonds. The van der Waals surface area contributed by atoms with E-state index in [0.717, 1.165) is 0 Å². The van der Waals surface area contributed by atoms with Gasteiger partial charge in [0.1, 0.15) is 5.75 Å². The highest BCUT2D eigenvalue weighted by molar-refractivity contribution is 7.91. The van der Waals surface area contributed by atoms with E-state index in [4.69, 9.17) is 4.74 Å². The molecule has 0 radical (unpaired) electrons. The third-order valence-electron chi connectivity index (χ3n) is 3.20. The van der Waals surface area contributed by atoms with Gasteiger partial charge in [-0.1, -0.05) is 20.8 Å². The molecule has 5 heteroatoms. The number of ether oxygens (including phenoxy) is 1. The smallest absolute Gasteiger partial charge is 0.179 e. The Bertz CT molecular complexity index is 500. The molecular formula is C14H23NO3S. The molecule has 1 N–H and O–H groups in total. The second-order valence-corrected chi connectivity index (χ2v) is 7.70. The number of benzene rings is 1. The van der Waals surface area contributed by atoms with Gasteiger partial charge < -0.3 is 10.1 Å². The minimum Gasteiger partial charge on any atom is -0.497 e. The van der Waals surface area contributed by atoms with E-state index in [1.54, 1.807) is 38.4 Å². The fourth-order valence-electron chi connectivity index (χ4n) is 1.87. The summed E-state index contributed by atoms with van der Waals surface area (Å²) in [5, 5.41) is 3.09. The molecule has 0 aliphatic carbocycles. The Balaban J connectivity index is 2.97. The number of sulfone groups is 1. The van der Waals surface area contributed by atoms with Crippen molar-refractivity contribution in [3.63, 3.8) is 0 Å². The minimum absolute atomic E-state index is 0.0827. The van der Waals surface area contributed by atoms with E-state index in [0.29, 0.717) is 10.6 Å². The van der Waals surface area contributed by atoms with Crippen LogP contribution in [-0.4, -0.2) is 34.4 Å². The standard InChI is InChI=1S/C14H23NO3S/c1-14(2,3)13(15-4)10-19(16,17)12-8-6-11(18-5)7-9-12/h6-9,13,15H,10H2,1-5H3. The van der Waals surface area contributed by atoms with Gasteiger partial charge in [0.2, 0.25) is 0 Å². The maximum Gasteiger partial charge on any atom is 0.179 e. The third-order valence-corrected chi connectivity index (χ3v) is 4.96. The van der Waals surface area contributed by atoms with Crippen LogP contribution in [0.15, 0.2) is 29.2 Å². The Morgan fingerprint density at radius 1 is 1.21 bits per heavy atom. The van der Waals surface area contributed by atoms with Crippen LogP contribution in [0.1, 0.15) is 20.8 Å². The van der Waals surface area contributed by atoms with Crippen molar-refractivity contribution in [3.8, 4) is 5.75 Å². The Morgan fingerprint density at radius 3 is 2.11 bits per heavy atom. The molecule has 0 saturated heterocycles. The van der Waals surface area contributed by atoms with Crippen LogP contribution in [0, 0.1) is 5.41 Å². The fourth-order valence-corrected chi connectivity index (χ4v) is 3.71. The Labute approximate surface area is 116 Å². The normalized spacial score (nSPS) is 14.2. The Hall–Kier alpha value is -1.07. The molecule has 1 aromatic carbocycles. The van der Waals surface area contributed by atoms with Crippen molar-refractivity contribution in [1.82, 2.24) is 5.32 Å². The highest BCUT2D eigenvalue weighted by Gasteiger charge is 2.29. The van der Waals surface area contributed by atoms with Crippen LogP contribution >= 0.6 is 0 Å². The number of methoxy groups -OCH3 is 1. The lowest BCUT2D eigenvalue weighted by atomic mass is 9.88. The molecule has 1 unspecified atom stereocenters. The molecule has 0 spiro atoms. The van der Waals surface area contributed by atoms with Gasteiger partial charge in [-0.15, -0.1) is 0 Å². The number of nitrogens with one attached hydrogen (secondary N) is 1. The molecule has 19 heavy (non-hydrogen) atoms. The largest absolute Gasteiger partial charge is 0.497 e. The lowest BCUT2D eigenvalue weighted by Crippen LogP contribution is -2.43. The van der Waals surface area contributed by atoms with Gasteiger partial charge >= 0.3 is 0 Å². The summed E-state index contributed by atoms with van der Waals surface area (Å²) >= 11 is 0. The van der Waals surface area contributed by atoms with Crippen molar-refractivity contribution in [3.05, 3.63) is 24.3 Å². The fraction of sp³-hybridized carbons (Fsp3) is 0.571. The average Bonchev–Trinajstić information content (AvgIpc) is 2.34. The zero-order valence-electron chi connectivity index (χ0n) is 12.2. The van der Waals surface area contributed by atoms with Gasteiger partial charge in [-0.2, -0.15) is 0 Å². The first-order valence-corrected chi connectivity index (χ1v) is 7.90. The van der Waals surface area contributed by atoms with E-state index in [-0.39, 0.29) is 17.2 Å². The van der Waals surface area contributed by atoms with Crippen LogP contribution in [-0.2, 0) is 9.84 Å². The Kier molecular flexibility index (Phi) is 4.98. The zero-order chi connectivity index (χ0) is 14.7. The van der Waals surface area contributed by atoms with Crippen molar-refractivity contribution in [2.24, 2.45) is 5.41 Å². The predicted molar refractivity (Wildman–Crippen MR) is 77.3 cm³/mol. The van der Waals surface area contributed by atoms with E-state index in [9.17, 15) is 8.42 Å². The molecule has 1 aromatic rings. The second-order valence-electron chi connectivity index (χ2n) is 5.66. The van der Waals surface area contributed by atoms with Crippen molar-refractivity contribution in [1.29, 1.82) is 0 Å². The molecule has 0 saturated carbocycles. The van der Waals surface area contributed by atoms with Crippen LogP contribution in [0.5, 0.6) is 5.75 Å². The van der Waals surface area contributed by atoms with E-state index in [1.165, 1.54) is 0 Å². The quantitative estimate of drug-likeness (QED) is 0.900. The highest BCUT2D eigenvalue weighted by Crippen LogP contribution is 2.24. The molecule has 4 nitrogen and oxygen atoms in total. The number of hydrogen-bond donors (Lipinski definition) is 1. The summed E-state index contributed by atoms with van der Waals surface area (Å²) in [5.41, 5.74) is -0.117. The summed E-state index contributed by atoms with van der Waals surface area (Å²) in [5.74, 6) is 0.735. The van der Waals surface area contributed by atoms with Gasteiger partial charge in [0, 0.05) is 6.04 Å². The molecule has 1 rings (SSSR count). The Morgan fingerprint density at radius 2 is 1.74 bits per heavy atom. The zero-order valence-corrected chi connectivity index (χ0v) is 13.0. The highest BCUT2D eigenvalue weighted by atomic mass is 32.2. The van der Waals surface area contributed by atoms with Crippen LogP contribution in [0.2, 0.25) is 0 Å². The van der Waals surface area contributed by atoms with Gasteiger partial charge in [-0.3, -0.25) is 0 Å². The molecule has 0 aliphatic rings. The average molecular weight is 285 g/mol. The SMILES string of the molecule is CNC(CS(=O)(=O)c1ccc(OC)cc1)C(C)(C)C. The predicted octanol–water partition coefficient (Wildman–Crippen LogP) is 2.10. The van der Waals surface area contributed by atoms with E-state index < -0.39 is 9.84 Å². The van der Waals surface area contributed by atoms with E-state index in [2.05, 4.69) is 5.32 Å². The second kappa shape index (κ2) is 5.92. The van der Waals surface area contributed by atoms with Crippen LogP contribution in [0.25, 0.3) is 0 Å². The first-order valence-electron chi connectivity index (χ1n) is 6.25. The van der Waals surface area contributed by atoms with Gasteiger partial charge in [-0.05, 0) is 36.7 Å². The summed E-state index contributed by atoms with van der Waals surface area (Å²) in [6.07, 6.45) is 0. The molecule has 0 bridgehead atoms. The van der Waals surface area contributed by atoms with Crippen molar-refractivity contribution in [2.45, 2.75) is 31.7 Å². The van der Waals surface area contributed by atoms with Crippen molar-refractivity contribution >= 4 is 9.84 Å². The topological polar surface area (TPSA) is 55.4 Å². The van der Waals surface area contributed by atoms with Gasteiger partial charge in [0.05, 0.1) is 17.8 Å². The molecule has 1 atom stereocenters. The lowest BCUT2D eigenvalue weighted by molar-refractivity contribution is 0.302. The van der Waals surface area contributed by atoms with Crippen LogP contribution in [0.4, 0.5) is 0 Å². The van der Waals surface area contributed by atoms with E-state index in [1.807, 2.05) is 20.8 Å². The molecule has 0 aromatic heterocycles. The molecule has 108 valence electrons. The number of hydrogen-bond acceptors (Lipinski definition) is 4. The van der Waals surface area contributed by atoms with Crippen LogP contribution < -0.4 is 10.1 Å². The van der Waals surface area contributed by atoms with Crippen molar-refractivity contribution < 1.29 is 13.2 Å². The summed E-state index contributed by atoms with van der Waals surface area (Å²) < 4.78 is 29.8. The molecule has 0 fully saturated rings. The van der Waals surface area contributed by atoms with Gasteiger partial charge in [0.25, 0.3) is 0 Å². The first-order chi connectivity index (χ1) is 8.70. The lowest BCUT2D eigenvalue weighted by Gasteiger charge is -2.30. The monoisotopic (exact) mass is 285 g/mol. The molecule has 0 heterocycles. The van der Waals surface area contributed by atoms with Crippen LogP contribution in [0.3, 0.4) is 0 Å². The summed E-state index contributed by atoms with van der Waals surface area (Å²) in [7, 11) is 0.0490. The maximum absolute atomic E-state index is 12.4. The first kappa shape index (κ1) is 16.0. The van der Waals surface area contributed by atoms with Gasteiger partial charge in [-0.25, -0.2) is 8.42 Å². The van der Waals surface area contributed by atoms with Gasteiger partial charge in [0.15, 0.2) is 9.84 Å². The summed E-state index contributed by atoms with van der Waals surface area (Å²) in [6.45, 7) is 6.08. The maximum atomic E-state index is 12.4. The molecule has 0 aliphatic heterocycles. The number of rotatable bonds is 5. The summed E-state index contributed by atoms with van der Waals surface area (Å²) in [6, 6.07) is 6.41. The molecular weight excluding hydrogens is 262 g/mol. The summed E-state index contributed by atoms with van der Waals surface area (Å²) in [4.78, 5) is 0.331.